The predicted molar refractivity (Wildman–Crippen MR) is 80.5 cm³/mol. The molecule has 1 aliphatic heterocycles. The molecule has 3 N–H and O–H groups in total. The largest absolute Gasteiger partial charge is 0.351 e. The van der Waals surface area contributed by atoms with Crippen molar-refractivity contribution in [2.24, 2.45) is 5.41 Å². The third-order valence-corrected chi connectivity index (χ3v) is 3.41. The first kappa shape index (κ1) is 17.0. The monoisotopic (exact) mass is 319 g/mol. The molecule has 0 aromatic heterocycles. The van der Waals surface area contributed by atoms with Gasteiger partial charge in [-0.25, -0.2) is 0 Å². The molecule has 112 valence electrons. The standard InChI is InChI=1S/C13H19Cl2N3O2/c1-9(14)6-17-11(19)5-13(3-4-16-8-13)12(20)18-7-10(2)15/h16H,1-8H2,(H,17,19)(H,18,20). The van der Waals surface area contributed by atoms with Crippen molar-refractivity contribution in [2.75, 3.05) is 26.2 Å². The average Bonchev–Trinajstić information content (AvgIpc) is 2.83. The number of carbonyl (C=O) groups excluding carboxylic acids is 2. The Bertz CT molecular complexity index is 418. The molecular formula is C13H19Cl2N3O2. The summed E-state index contributed by atoms with van der Waals surface area (Å²) in [5.41, 5.74) is -0.746. The van der Waals surface area contributed by atoms with Gasteiger partial charge in [0.05, 0.1) is 18.5 Å². The lowest BCUT2D eigenvalue weighted by molar-refractivity contribution is -0.135. The van der Waals surface area contributed by atoms with Crippen LogP contribution in [0.25, 0.3) is 0 Å². The van der Waals surface area contributed by atoms with E-state index in [4.69, 9.17) is 23.2 Å². The van der Waals surface area contributed by atoms with Crippen LogP contribution in [0, 0.1) is 5.41 Å². The second-order valence-electron chi connectivity index (χ2n) is 4.88. The summed E-state index contributed by atoms with van der Waals surface area (Å²) in [6.45, 7) is 8.57. The minimum Gasteiger partial charge on any atom is -0.351 e. The van der Waals surface area contributed by atoms with E-state index in [1.54, 1.807) is 0 Å². The Kier molecular flexibility index (Phi) is 6.52. The van der Waals surface area contributed by atoms with Crippen LogP contribution < -0.4 is 16.0 Å². The van der Waals surface area contributed by atoms with Crippen LogP contribution in [0.4, 0.5) is 0 Å². The molecular weight excluding hydrogens is 301 g/mol. The fraction of sp³-hybridized carbons (Fsp3) is 0.538. The molecule has 0 radical (unpaired) electrons. The number of carbonyl (C=O) groups is 2. The summed E-state index contributed by atoms with van der Waals surface area (Å²) < 4.78 is 0. The van der Waals surface area contributed by atoms with Gasteiger partial charge in [0.25, 0.3) is 0 Å². The van der Waals surface area contributed by atoms with Gasteiger partial charge in [-0.05, 0) is 13.0 Å². The van der Waals surface area contributed by atoms with Gasteiger partial charge in [0.1, 0.15) is 0 Å². The van der Waals surface area contributed by atoms with E-state index in [2.05, 4.69) is 29.1 Å². The maximum atomic E-state index is 12.3. The zero-order valence-electron chi connectivity index (χ0n) is 11.2. The molecule has 0 aromatic carbocycles. The summed E-state index contributed by atoms with van der Waals surface area (Å²) in [4.78, 5) is 24.2. The SMILES string of the molecule is C=C(Cl)CNC(=O)CC1(C(=O)NCC(=C)Cl)CCNC1. The smallest absolute Gasteiger partial charge is 0.228 e. The molecule has 7 heteroatoms. The first-order valence-electron chi connectivity index (χ1n) is 6.28. The lowest BCUT2D eigenvalue weighted by Gasteiger charge is -2.26. The van der Waals surface area contributed by atoms with E-state index in [9.17, 15) is 9.59 Å². The van der Waals surface area contributed by atoms with Crippen LogP contribution in [0.5, 0.6) is 0 Å². The Morgan fingerprint density at radius 1 is 1.15 bits per heavy atom. The number of hydrogen-bond donors (Lipinski definition) is 3. The maximum absolute atomic E-state index is 12.3. The van der Waals surface area contributed by atoms with Crippen molar-refractivity contribution in [3.8, 4) is 0 Å². The molecule has 0 aliphatic carbocycles. The van der Waals surface area contributed by atoms with Gasteiger partial charge < -0.3 is 16.0 Å². The number of nitrogens with one attached hydrogen (secondary N) is 3. The Balaban J connectivity index is 2.62. The zero-order chi connectivity index (χ0) is 15.2. The summed E-state index contributed by atoms with van der Waals surface area (Å²) in [6.07, 6.45) is 0.702. The van der Waals surface area contributed by atoms with Gasteiger partial charge in [-0.3, -0.25) is 9.59 Å². The Labute approximate surface area is 128 Å². The zero-order valence-corrected chi connectivity index (χ0v) is 12.7. The van der Waals surface area contributed by atoms with Gasteiger partial charge in [-0.2, -0.15) is 0 Å². The minimum absolute atomic E-state index is 0.102. The third-order valence-electron chi connectivity index (χ3n) is 3.14. The van der Waals surface area contributed by atoms with E-state index in [0.29, 0.717) is 29.6 Å². The van der Waals surface area contributed by atoms with E-state index in [-0.39, 0.29) is 31.3 Å². The van der Waals surface area contributed by atoms with Crippen LogP contribution in [0.3, 0.4) is 0 Å². The average molecular weight is 320 g/mol. The van der Waals surface area contributed by atoms with Crippen molar-refractivity contribution in [1.82, 2.24) is 16.0 Å². The molecule has 1 heterocycles. The molecule has 0 bridgehead atoms. The summed E-state index contributed by atoms with van der Waals surface area (Å²) in [5, 5.41) is 9.14. The molecule has 0 spiro atoms. The van der Waals surface area contributed by atoms with Gasteiger partial charge >= 0.3 is 0 Å². The maximum Gasteiger partial charge on any atom is 0.228 e. The molecule has 5 nitrogen and oxygen atoms in total. The predicted octanol–water partition coefficient (Wildman–Crippen LogP) is 1.09. The molecule has 0 aromatic rings. The fourth-order valence-electron chi connectivity index (χ4n) is 2.10. The summed E-state index contributed by atoms with van der Waals surface area (Å²) in [5.74, 6) is -0.417. The van der Waals surface area contributed by atoms with E-state index in [1.165, 1.54) is 0 Å². The lowest BCUT2D eigenvalue weighted by Crippen LogP contribution is -2.46. The van der Waals surface area contributed by atoms with Gasteiger partial charge in [0.15, 0.2) is 0 Å². The second kappa shape index (κ2) is 7.67. The fourth-order valence-corrected chi connectivity index (χ4v) is 2.23. The van der Waals surface area contributed by atoms with Crippen molar-refractivity contribution >= 4 is 35.0 Å². The van der Waals surface area contributed by atoms with Gasteiger partial charge in [-0.15, -0.1) is 0 Å². The number of amides is 2. The highest BCUT2D eigenvalue weighted by molar-refractivity contribution is 6.29. The summed E-state index contributed by atoms with van der Waals surface area (Å²) in [7, 11) is 0. The van der Waals surface area contributed by atoms with Crippen LogP contribution in [-0.4, -0.2) is 38.0 Å². The van der Waals surface area contributed by atoms with Crippen LogP contribution in [0.2, 0.25) is 0 Å². The quantitative estimate of drug-likeness (QED) is 0.658. The second-order valence-corrected chi connectivity index (χ2v) is 5.95. The van der Waals surface area contributed by atoms with Crippen LogP contribution >= 0.6 is 23.2 Å². The number of rotatable bonds is 7. The van der Waals surface area contributed by atoms with Crippen LogP contribution in [0.15, 0.2) is 23.2 Å². The lowest BCUT2D eigenvalue weighted by atomic mass is 9.82. The Morgan fingerprint density at radius 3 is 2.25 bits per heavy atom. The van der Waals surface area contributed by atoms with Gasteiger partial charge in [-0.1, -0.05) is 36.4 Å². The van der Waals surface area contributed by atoms with E-state index in [1.807, 2.05) is 0 Å². The summed E-state index contributed by atoms with van der Waals surface area (Å²) in [6, 6.07) is 0. The van der Waals surface area contributed by atoms with Crippen molar-refractivity contribution < 1.29 is 9.59 Å². The molecule has 1 unspecified atom stereocenters. The van der Waals surface area contributed by atoms with Crippen LogP contribution in [0.1, 0.15) is 12.8 Å². The molecule has 0 saturated carbocycles. The van der Waals surface area contributed by atoms with Crippen molar-refractivity contribution in [1.29, 1.82) is 0 Å². The third kappa shape index (κ3) is 5.15. The highest BCUT2D eigenvalue weighted by Crippen LogP contribution is 2.30. The van der Waals surface area contributed by atoms with E-state index < -0.39 is 5.41 Å². The highest BCUT2D eigenvalue weighted by atomic mass is 35.5. The van der Waals surface area contributed by atoms with Crippen molar-refractivity contribution in [3.05, 3.63) is 23.2 Å². The molecule has 1 aliphatic rings. The minimum atomic E-state index is -0.746. The number of hydrogen-bond acceptors (Lipinski definition) is 3. The van der Waals surface area contributed by atoms with Gasteiger partial charge in [0, 0.05) is 23.0 Å². The normalized spacial score (nSPS) is 21.3. The molecule has 20 heavy (non-hydrogen) atoms. The van der Waals surface area contributed by atoms with Crippen molar-refractivity contribution in [2.45, 2.75) is 12.8 Å². The topological polar surface area (TPSA) is 70.2 Å². The van der Waals surface area contributed by atoms with E-state index >= 15 is 0 Å². The van der Waals surface area contributed by atoms with Crippen LogP contribution in [-0.2, 0) is 9.59 Å². The van der Waals surface area contributed by atoms with Crippen molar-refractivity contribution in [3.63, 3.8) is 0 Å². The Hall–Kier alpha value is -1.04. The van der Waals surface area contributed by atoms with E-state index in [0.717, 1.165) is 0 Å². The summed E-state index contributed by atoms with van der Waals surface area (Å²) >= 11 is 11.2. The molecule has 1 fully saturated rings. The highest BCUT2D eigenvalue weighted by Gasteiger charge is 2.42. The van der Waals surface area contributed by atoms with Gasteiger partial charge in [0.2, 0.25) is 11.8 Å². The molecule has 1 saturated heterocycles. The first-order valence-corrected chi connectivity index (χ1v) is 7.03. The number of halogens is 2. The molecule has 1 atom stereocenters. The molecule has 2 amide bonds. The first-order chi connectivity index (χ1) is 9.35. The molecule has 1 rings (SSSR count). The Morgan fingerprint density at radius 2 is 1.75 bits per heavy atom.